The molecule has 0 aliphatic carbocycles. The predicted octanol–water partition coefficient (Wildman–Crippen LogP) is 2.00. The van der Waals surface area contributed by atoms with Crippen LogP contribution in [0.2, 0.25) is 0 Å². The maximum absolute atomic E-state index is 12.4. The smallest absolute Gasteiger partial charge is 0.241 e. The minimum atomic E-state index is -3.39. The maximum atomic E-state index is 12.4. The van der Waals surface area contributed by atoms with Gasteiger partial charge in [-0.3, -0.25) is 0 Å². The number of nitrogens with one attached hydrogen (secondary N) is 1. The largest absolute Gasteiger partial charge is 0.383 e. The number of sulfonamides is 1. The molecule has 1 aliphatic heterocycles. The number of aryl methyl sites for hydroxylation is 2. The minimum absolute atomic E-state index is 0.375. The van der Waals surface area contributed by atoms with Crippen LogP contribution in [0.4, 0.5) is 0 Å². The van der Waals surface area contributed by atoms with Gasteiger partial charge in [-0.05, 0) is 45.2 Å². The van der Waals surface area contributed by atoms with Crippen molar-refractivity contribution in [2.24, 2.45) is 5.92 Å². The molecule has 126 valence electrons. The molecule has 2 rings (SSSR count). The van der Waals surface area contributed by atoms with Gasteiger partial charge in [-0.15, -0.1) is 11.3 Å². The van der Waals surface area contributed by atoms with Crippen LogP contribution >= 0.6 is 11.3 Å². The Balaban J connectivity index is 1.90. The van der Waals surface area contributed by atoms with Gasteiger partial charge in [0, 0.05) is 36.5 Å². The number of nitrogens with zero attached hydrogens (tertiary/aromatic N) is 1. The number of likely N-dealkylation sites (tertiary alicyclic amines) is 1. The topological polar surface area (TPSA) is 58.6 Å². The summed E-state index contributed by atoms with van der Waals surface area (Å²) in [4.78, 5) is 4.67. The zero-order chi connectivity index (χ0) is 16.2. The van der Waals surface area contributed by atoms with Crippen molar-refractivity contribution in [2.75, 3.05) is 39.9 Å². The van der Waals surface area contributed by atoms with E-state index in [1.807, 2.05) is 13.8 Å². The summed E-state index contributed by atoms with van der Waals surface area (Å²) in [6, 6.07) is 1.76. The molecule has 0 radical (unpaired) electrons. The first-order valence-corrected chi connectivity index (χ1v) is 10.0. The van der Waals surface area contributed by atoms with Gasteiger partial charge in [0.1, 0.15) is 0 Å². The van der Waals surface area contributed by atoms with Crippen molar-refractivity contribution in [2.45, 2.75) is 31.6 Å². The maximum Gasteiger partial charge on any atom is 0.241 e. The normalized spacial score (nSPS) is 20.4. The van der Waals surface area contributed by atoms with Crippen molar-refractivity contribution in [1.82, 2.24) is 9.62 Å². The Morgan fingerprint density at radius 1 is 1.45 bits per heavy atom. The zero-order valence-corrected chi connectivity index (χ0v) is 15.2. The second-order valence-corrected chi connectivity index (χ2v) is 9.13. The lowest BCUT2D eigenvalue weighted by Gasteiger charge is -2.32. The van der Waals surface area contributed by atoms with Gasteiger partial charge in [-0.2, -0.15) is 0 Å². The van der Waals surface area contributed by atoms with Crippen molar-refractivity contribution >= 4 is 21.4 Å². The third-order valence-electron chi connectivity index (χ3n) is 4.06. The number of rotatable bonds is 7. The molecule has 1 aromatic heterocycles. The number of hydrogen-bond donors (Lipinski definition) is 1. The molecule has 0 spiro atoms. The van der Waals surface area contributed by atoms with Crippen molar-refractivity contribution < 1.29 is 13.2 Å². The third kappa shape index (κ3) is 4.76. The number of ether oxygens (including phenoxy) is 1. The molecule has 0 saturated carbocycles. The van der Waals surface area contributed by atoms with E-state index in [1.165, 1.54) is 11.3 Å². The SMILES string of the molecule is COCCN1CCCC(CNS(=O)(=O)c2cc(C)sc2C)C1. The van der Waals surface area contributed by atoms with Crippen LogP contribution in [0.25, 0.3) is 0 Å². The molecule has 5 nitrogen and oxygen atoms in total. The molecule has 0 amide bonds. The summed E-state index contributed by atoms with van der Waals surface area (Å²) in [5.41, 5.74) is 0. The fourth-order valence-electron chi connectivity index (χ4n) is 2.92. The first-order chi connectivity index (χ1) is 10.4. The lowest BCUT2D eigenvalue weighted by molar-refractivity contribution is 0.115. The van der Waals surface area contributed by atoms with E-state index in [-0.39, 0.29) is 0 Å². The standard InChI is InChI=1S/C15H26N2O3S2/c1-12-9-15(13(2)21-12)22(18,19)16-10-14-5-4-6-17(11-14)7-8-20-3/h9,14,16H,4-8,10-11H2,1-3H3. The van der Waals surface area contributed by atoms with Gasteiger partial charge >= 0.3 is 0 Å². The molecule has 1 N–H and O–H groups in total. The van der Waals surface area contributed by atoms with Gasteiger partial charge in [0.2, 0.25) is 10.0 Å². The molecule has 1 aromatic rings. The first kappa shape index (κ1) is 17.9. The van der Waals surface area contributed by atoms with Crippen LogP contribution in [0.1, 0.15) is 22.6 Å². The molecule has 1 atom stereocenters. The van der Waals surface area contributed by atoms with Crippen molar-refractivity contribution in [3.63, 3.8) is 0 Å². The van der Waals surface area contributed by atoms with Crippen molar-refractivity contribution in [3.05, 3.63) is 15.8 Å². The number of hydrogen-bond acceptors (Lipinski definition) is 5. The van der Waals surface area contributed by atoms with Gasteiger partial charge in [0.25, 0.3) is 0 Å². The van der Waals surface area contributed by atoms with Crippen LogP contribution in [0, 0.1) is 19.8 Å². The van der Waals surface area contributed by atoms with Crippen LogP contribution < -0.4 is 4.72 Å². The van der Waals surface area contributed by atoms with E-state index in [9.17, 15) is 8.42 Å². The average Bonchev–Trinajstić information content (AvgIpc) is 2.83. The Labute approximate surface area is 137 Å². The first-order valence-electron chi connectivity index (χ1n) is 7.70. The van der Waals surface area contributed by atoms with Crippen LogP contribution in [-0.2, 0) is 14.8 Å². The summed E-state index contributed by atoms with van der Waals surface area (Å²) in [5.74, 6) is 0.375. The fraction of sp³-hybridized carbons (Fsp3) is 0.733. The molecule has 1 unspecified atom stereocenters. The van der Waals surface area contributed by atoms with Crippen LogP contribution in [0.3, 0.4) is 0 Å². The Kier molecular flexibility index (Phi) is 6.40. The molecular formula is C15H26N2O3S2. The predicted molar refractivity (Wildman–Crippen MR) is 90.0 cm³/mol. The second-order valence-electron chi connectivity index (χ2n) is 5.93. The molecule has 22 heavy (non-hydrogen) atoms. The van der Waals surface area contributed by atoms with E-state index in [4.69, 9.17) is 4.74 Å². The molecule has 1 saturated heterocycles. The van der Waals surface area contributed by atoms with E-state index >= 15 is 0 Å². The highest BCUT2D eigenvalue weighted by Gasteiger charge is 2.23. The summed E-state index contributed by atoms with van der Waals surface area (Å²) in [5, 5.41) is 0. The Morgan fingerprint density at radius 2 is 2.23 bits per heavy atom. The van der Waals surface area contributed by atoms with Gasteiger partial charge in [-0.1, -0.05) is 0 Å². The molecule has 7 heteroatoms. The van der Waals surface area contributed by atoms with Gasteiger partial charge in [-0.25, -0.2) is 13.1 Å². The number of thiophene rings is 1. The van der Waals surface area contributed by atoms with E-state index in [0.717, 1.165) is 48.8 Å². The zero-order valence-electron chi connectivity index (χ0n) is 13.6. The monoisotopic (exact) mass is 346 g/mol. The van der Waals surface area contributed by atoms with Crippen LogP contribution in [0.15, 0.2) is 11.0 Å². The second kappa shape index (κ2) is 7.88. The molecule has 2 heterocycles. The van der Waals surface area contributed by atoms with E-state index < -0.39 is 10.0 Å². The summed E-state index contributed by atoms with van der Waals surface area (Å²) in [6.07, 6.45) is 2.19. The fourth-order valence-corrected chi connectivity index (χ4v) is 5.59. The Morgan fingerprint density at radius 3 is 2.86 bits per heavy atom. The summed E-state index contributed by atoms with van der Waals surface area (Å²) < 4.78 is 32.8. The molecule has 1 aliphatic rings. The summed E-state index contributed by atoms with van der Waals surface area (Å²) in [6.45, 7) is 7.97. The number of piperidine rings is 1. The molecule has 0 bridgehead atoms. The molecule has 1 fully saturated rings. The van der Waals surface area contributed by atoms with Crippen LogP contribution in [0.5, 0.6) is 0 Å². The van der Waals surface area contributed by atoms with E-state index in [1.54, 1.807) is 13.2 Å². The van der Waals surface area contributed by atoms with E-state index in [2.05, 4.69) is 9.62 Å². The average molecular weight is 347 g/mol. The van der Waals surface area contributed by atoms with Gasteiger partial charge < -0.3 is 9.64 Å². The summed E-state index contributed by atoms with van der Waals surface area (Å²) >= 11 is 1.53. The van der Waals surface area contributed by atoms with Crippen molar-refractivity contribution in [1.29, 1.82) is 0 Å². The third-order valence-corrected chi connectivity index (χ3v) is 6.71. The highest BCUT2D eigenvalue weighted by molar-refractivity contribution is 7.89. The van der Waals surface area contributed by atoms with E-state index in [0.29, 0.717) is 17.4 Å². The van der Waals surface area contributed by atoms with Gasteiger partial charge in [0.05, 0.1) is 11.5 Å². The lowest BCUT2D eigenvalue weighted by atomic mass is 9.98. The minimum Gasteiger partial charge on any atom is -0.383 e. The molecular weight excluding hydrogens is 320 g/mol. The molecule has 0 aromatic carbocycles. The Bertz CT molecular complexity index is 584. The highest BCUT2D eigenvalue weighted by atomic mass is 32.2. The Hall–Kier alpha value is -0.470. The summed E-state index contributed by atoms with van der Waals surface area (Å²) in [7, 11) is -1.68. The van der Waals surface area contributed by atoms with Crippen molar-refractivity contribution in [3.8, 4) is 0 Å². The number of methoxy groups -OCH3 is 1. The van der Waals surface area contributed by atoms with Crippen LogP contribution in [-0.4, -0.2) is 53.2 Å². The van der Waals surface area contributed by atoms with Gasteiger partial charge in [0.15, 0.2) is 0 Å². The highest BCUT2D eigenvalue weighted by Crippen LogP contribution is 2.25. The lowest BCUT2D eigenvalue weighted by Crippen LogP contribution is -2.42. The quantitative estimate of drug-likeness (QED) is 0.820.